The highest BCUT2D eigenvalue weighted by atomic mass is 16.1. The van der Waals surface area contributed by atoms with Gasteiger partial charge < -0.3 is 5.32 Å². The molecule has 0 saturated carbocycles. The summed E-state index contributed by atoms with van der Waals surface area (Å²) in [6.45, 7) is 6.01. The Morgan fingerprint density at radius 1 is 1.25 bits per heavy atom. The quantitative estimate of drug-likeness (QED) is 0.771. The Bertz CT molecular complexity index is 392. The molecule has 16 heavy (non-hydrogen) atoms. The van der Waals surface area contributed by atoms with E-state index in [0.717, 1.165) is 37.1 Å². The summed E-state index contributed by atoms with van der Waals surface area (Å²) in [7, 11) is 0. The maximum Gasteiger partial charge on any atom is 0.166 e. The van der Waals surface area contributed by atoms with Crippen molar-refractivity contribution in [2.45, 2.75) is 26.7 Å². The van der Waals surface area contributed by atoms with Gasteiger partial charge in [-0.25, -0.2) is 0 Å². The number of piperidine rings is 1. The lowest BCUT2D eigenvalue weighted by Crippen LogP contribution is -2.32. The van der Waals surface area contributed by atoms with E-state index in [9.17, 15) is 4.79 Å². The Morgan fingerprint density at radius 2 is 1.94 bits per heavy atom. The van der Waals surface area contributed by atoms with Crippen LogP contribution in [-0.4, -0.2) is 18.9 Å². The van der Waals surface area contributed by atoms with Crippen LogP contribution in [-0.2, 0) is 0 Å². The Balaban J connectivity index is 2.22. The zero-order valence-corrected chi connectivity index (χ0v) is 10.0. The number of rotatable bonds is 2. The molecule has 0 aromatic heterocycles. The van der Waals surface area contributed by atoms with Gasteiger partial charge in [-0.05, 0) is 51.4 Å². The van der Waals surface area contributed by atoms with Crippen molar-refractivity contribution in [1.82, 2.24) is 5.32 Å². The monoisotopic (exact) mass is 217 g/mol. The van der Waals surface area contributed by atoms with E-state index in [0.29, 0.717) is 5.78 Å². The largest absolute Gasteiger partial charge is 0.317 e. The molecule has 86 valence electrons. The van der Waals surface area contributed by atoms with Crippen LogP contribution in [0.25, 0.3) is 0 Å². The van der Waals surface area contributed by atoms with E-state index in [-0.39, 0.29) is 5.92 Å². The summed E-state index contributed by atoms with van der Waals surface area (Å²) in [5.41, 5.74) is 3.20. The first-order valence-electron chi connectivity index (χ1n) is 6.00. The lowest BCUT2D eigenvalue weighted by atomic mass is 9.87. The summed E-state index contributed by atoms with van der Waals surface area (Å²) in [6, 6.07) is 6.14. The van der Waals surface area contributed by atoms with Crippen LogP contribution >= 0.6 is 0 Å². The maximum absolute atomic E-state index is 12.3. The summed E-state index contributed by atoms with van der Waals surface area (Å²) in [5.74, 6) is 0.560. The third-order valence-electron chi connectivity index (χ3n) is 3.37. The van der Waals surface area contributed by atoms with E-state index in [1.165, 1.54) is 5.56 Å². The molecule has 1 aliphatic heterocycles. The zero-order valence-electron chi connectivity index (χ0n) is 10.0. The van der Waals surface area contributed by atoms with Crippen molar-refractivity contribution < 1.29 is 4.79 Å². The van der Waals surface area contributed by atoms with Gasteiger partial charge in [0.15, 0.2) is 5.78 Å². The first-order valence-corrected chi connectivity index (χ1v) is 6.00. The zero-order chi connectivity index (χ0) is 11.5. The normalized spacial score (nSPS) is 17.4. The van der Waals surface area contributed by atoms with E-state index in [4.69, 9.17) is 0 Å². The molecule has 0 bridgehead atoms. The van der Waals surface area contributed by atoms with Crippen LogP contribution < -0.4 is 5.32 Å². The molecule has 1 heterocycles. The number of carbonyl (C=O) groups excluding carboxylic acids is 1. The number of carbonyl (C=O) groups is 1. The van der Waals surface area contributed by atoms with Crippen molar-refractivity contribution >= 4 is 5.78 Å². The van der Waals surface area contributed by atoms with Crippen LogP contribution in [0, 0.1) is 19.8 Å². The lowest BCUT2D eigenvalue weighted by Gasteiger charge is -2.22. The van der Waals surface area contributed by atoms with Gasteiger partial charge in [-0.2, -0.15) is 0 Å². The first kappa shape index (κ1) is 11.3. The van der Waals surface area contributed by atoms with Crippen LogP contribution in [0.1, 0.15) is 34.3 Å². The van der Waals surface area contributed by atoms with Crippen molar-refractivity contribution in [1.29, 1.82) is 0 Å². The first-order chi connectivity index (χ1) is 7.68. The molecule has 0 radical (unpaired) electrons. The minimum absolute atomic E-state index is 0.224. The number of hydrogen-bond acceptors (Lipinski definition) is 2. The van der Waals surface area contributed by atoms with Gasteiger partial charge in [-0.1, -0.05) is 17.7 Å². The Labute approximate surface area is 97.1 Å². The van der Waals surface area contributed by atoms with Crippen molar-refractivity contribution in [3.63, 3.8) is 0 Å². The van der Waals surface area contributed by atoms with E-state index < -0.39 is 0 Å². The molecule has 0 unspecified atom stereocenters. The molecule has 1 aliphatic rings. The van der Waals surface area contributed by atoms with Crippen LogP contribution in [0.3, 0.4) is 0 Å². The Hall–Kier alpha value is -1.15. The van der Waals surface area contributed by atoms with Gasteiger partial charge in [-0.15, -0.1) is 0 Å². The standard InChI is InChI=1S/C14H19NO/c1-10-3-4-11(2)13(9-10)14(16)12-5-7-15-8-6-12/h3-4,9,12,15H,5-8H2,1-2H3. The van der Waals surface area contributed by atoms with Crippen molar-refractivity contribution in [2.75, 3.05) is 13.1 Å². The van der Waals surface area contributed by atoms with E-state index in [1.54, 1.807) is 0 Å². The Kier molecular flexibility index (Phi) is 3.39. The van der Waals surface area contributed by atoms with Gasteiger partial charge in [0.1, 0.15) is 0 Å². The van der Waals surface area contributed by atoms with Crippen LogP contribution in [0.4, 0.5) is 0 Å². The second-order valence-corrected chi connectivity index (χ2v) is 4.71. The maximum atomic E-state index is 12.3. The molecule has 2 nitrogen and oxygen atoms in total. The molecule has 2 rings (SSSR count). The summed E-state index contributed by atoms with van der Waals surface area (Å²) in [5, 5.41) is 3.29. The highest BCUT2D eigenvalue weighted by molar-refractivity contribution is 5.99. The Morgan fingerprint density at radius 3 is 2.62 bits per heavy atom. The molecular weight excluding hydrogens is 198 g/mol. The van der Waals surface area contributed by atoms with Crippen LogP contribution in [0.5, 0.6) is 0 Å². The molecule has 2 heteroatoms. The fraction of sp³-hybridized carbons (Fsp3) is 0.500. The van der Waals surface area contributed by atoms with E-state index in [1.807, 2.05) is 26.0 Å². The van der Waals surface area contributed by atoms with E-state index >= 15 is 0 Å². The molecule has 1 aromatic carbocycles. The fourth-order valence-electron chi connectivity index (χ4n) is 2.31. The van der Waals surface area contributed by atoms with Gasteiger partial charge in [0.25, 0.3) is 0 Å². The second-order valence-electron chi connectivity index (χ2n) is 4.71. The van der Waals surface area contributed by atoms with Crippen LogP contribution in [0.2, 0.25) is 0 Å². The number of Topliss-reactive ketones (excluding diaryl/α,β-unsaturated/α-hetero) is 1. The predicted molar refractivity (Wildman–Crippen MR) is 65.8 cm³/mol. The number of benzene rings is 1. The minimum Gasteiger partial charge on any atom is -0.317 e. The highest BCUT2D eigenvalue weighted by Crippen LogP contribution is 2.21. The summed E-state index contributed by atoms with van der Waals surface area (Å²) >= 11 is 0. The van der Waals surface area contributed by atoms with Gasteiger partial charge >= 0.3 is 0 Å². The molecule has 1 N–H and O–H groups in total. The number of aryl methyl sites for hydroxylation is 2. The molecule has 1 aromatic rings. The SMILES string of the molecule is Cc1ccc(C)c(C(=O)C2CCNCC2)c1. The molecular formula is C14H19NO. The van der Waals surface area contributed by atoms with E-state index in [2.05, 4.69) is 11.4 Å². The lowest BCUT2D eigenvalue weighted by molar-refractivity contribution is 0.0894. The summed E-state index contributed by atoms with van der Waals surface area (Å²) in [4.78, 5) is 12.3. The second kappa shape index (κ2) is 4.79. The molecule has 1 fully saturated rings. The number of nitrogens with one attached hydrogen (secondary N) is 1. The third kappa shape index (κ3) is 2.33. The van der Waals surface area contributed by atoms with Crippen LogP contribution in [0.15, 0.2) is 18.2 Å². The van der Waals surface area contributed by atoms with Crippen molar-refractivity contribution in [2.24, 2.45) is 5.92 Å². The number of ketones is 1. The van der Waals surface area contributed by atoms with Gasteiger partial charge in [0, 0.05) is 11.5 Å². The molecule has 0 spiro atoms. The topological polar surface area (TPSA) is 29.1 Å². The molecule has 0 atom stereocenters. The smallest absolute Gasteiger partial charge is 0.166 e. The minimum atomic E-state index is 0.224. The van der Waals surface area contributed by atoms with Gasteiger partial charge in [0.05, 0.1) is 0 Å². The van der Waals surface area contributed by atoms with Gasteiger partial charge in [0.2, 0.25) is 0 Å². The van der Waals surface area contributed by atoms with Gasteiger partial charge in [-0.3, -0.25) is 4.79 Å². The summed E-state index contributed by atoms with van der Waals surface area (Å²) < 4.78 is 0. The fourth-order valence-corrected chi connectivity index (χ4v) is 2.31. The van der Waals surface area contributed by atoms with Crippen molar-refractivity contribution in [3.8, 4) is 0 Å². The number of hydrogen-bond donors (Lipinski definition) is 1. The molecule has 0 amide bonds. The average Bonchev–Trinajstić information content (AvgIpc) is 2.32. The summed E-state index contributed by atoms with van der Waals surface area (Å²) in [6.07, 6.45) is 1.96. The predicted octanol–water partition coefficient (Wildman–Crippen LogP) is 2.49. The van der Waals surface area contributed by atoms with Crippen molar-refractivity contribution in [3.05, 3.63) is 34.9 Å². The molecule has 1 saturated heterocycles. The highest BCUT2D eigenvalue weighted by Gasteiger charge is 2.23. The molecule has 0 aliphatic carbocycles. The third-order valence-corrected chi connectivity index (χ3v) is 3.37. The average molecular weight is 217 g/mol.